The van der Waals surface area contributed by atoms with Crippen LogP contribution in [-0.4, -0.2) is 45.2 Å². The van der Waals surface area contributed by atoms with Crippen LogP contribution in [0.3, 0.4) is 0 Å². The number of methoxy groups -OCH3 is 1. The Morgan fingerprint density at radius 2 is 1.71 bits per heavy atom. The number of benzene rings is 2. The molecule has 3 rings (SSSR count). The van der Waals surface area contributed by atoms with E-state index in [0.717, 1.165) is 44.5 Å². The second-order valence-electron chi connectivity index (χ2n) is 8.99. The first-order valence-electron chi connectivity index (χ1n) is 12.7. The molecular formula is C28H39N3O3. The number of hydrogen-bond donors (Lipinski definition) is 2. The van der Waals surface area contributed by atoms with Crippen molar-refractivity contribution in [3.63, 3.8) is 0 Å². The molecule has 6 nitrogen and oxygen atoms in total. The molecule has 0 radical (unpaired) electrons. The minimum atomic E-state index is -0.169. The monoisotopic (exact) mass is 465 g/mol. The highest BCUT2D eigenvalue weighted by atomic mass is 16.5. The Bertz CT molecular complexity index is 921. The number of hydrogen-bond acceptors (Lipinski definition) is 4. The van der Waals surface area contributed by atoms with Gasteiger partial charge in [0.15, 0.2) is 0 Å². The van der Waals surface area contributed by atoms with E-state index in [1.807, 2.05) is 36.4 Å². The number of nitrogens with zero attached hydrogens (tertiary/aromatic N) is 1. The largest absolute Gasteiger partial charge is 0.385 e. The summed E-state index contributed by atoms with van der Waals surface area (Å²) in [6.07, 6.45) is 8.86. The molecule has 6 heteroatoms. The van der Waals surface area contributed by atoms with Crippen LogP contribution in [0.25, 0.3) is 0 Å². The lowest BCUT2D eigenvalue weighted by molar-refractivity contribution is 0.0947. The highest BCUT2D eigenvalue weighted by Gasteiger charge is 2.20. The number of ether oxygens (including phenoxy) is 1. The van der Waals surface area contributed by atoms with Gasteiger partial charge in [-0.3, -0.25) is 9.59 Å². The van der Waals surface area contributed by atoms with Gasteiger partial charge in [0.25, 0.3) is 11.8 Å². The Morgan fingerprint density at radius 3 is 2.41 bits per heavy atom. The van der Waals surface area contributed by atoms with Crippen LogP contribution in [0.15, 0.2) is 42.5 Å². The summed E-state index contributed by atoms with van der Waals surface area (Å²) in [5, 5.41) is 5.97. The van der Waals surface area contributed by atoms with Crippen molar-refractivity contribution >= 4 is 23.2 Å². The number of amides is 2. The summed E-state index contributed by atoms with van der Waals surface area (Å²) >= 11 is 0. The number of nitrogens with one attached hydrogen (secondary N) is 2. The van der Waals surface area contributed by atoms with Gasteiger partial charge < -0.3 is 20.3 Å². The Morgan fingerprint density at radius 1 is 0.941 bits per heavy atom. The zero-order chi connectivity index (χ0) is 24.2. The van der Waals surface area contributed by atoms with Crippen molar-refractivity contribution in [2.75, 3.05) is 43.6 Å². The second-order valence-corrected chi connectivity index (χ2v) is 8.99. The molecule has 184 valence electrons. The highest BCUT2D eigenvalue weighted by molar-refractivity contribution is 6.06. The van der Waals surface area contributed by atoms with Crippen LogP contribution in [0.4, 0.5) is 11.4 Å². The normalized spacial score (nSPS) is 13.5. The molecule has 1 heterocycles. The van der Waals surface area contributed by atoms with Crippen LogP contribution >= 0.6 is 0 Å². The minimum absolute atomic E-state index is 0.121. The topological polar surface area (TPSA) is 70.7 Å². The summed E-state index contributed by atoms with van der Waals surface area (Å²) in [7, 11) is 1.66. The third-order valence-electron chi connectivity index (χ3n) is 6.29. The molecule has 0 atom stereocenters. The van der Waals surface area contributed by atoms with Gasteiger partial charge in [-0.15, -0.1) is 0 Å². The number of carbonyl (C=O) groups excluding carboxylic acids is 2. The van der Waals surface area contributed by atoms with Crippen molar-refractivity contribution in [3.8, 4) is 0 Å². The van der Waals surface area contributed by atoms with Crippen molar-refractivity contribution < 1.29 is 14.3 Å². The summed E-state index contributed by atoms with van der Waals surface area (Å²) in [5.41, 5.74) is 4.02. The van der Waals surface area contributed by atoms with Gasteiger partial charge in [-0.1, -0.05) is 31.9 Å². The minimum Gasteiger partial charge on any atom is -0.385 e. The van der Waals surface area contributed by atoms with Crippen molar-refractivity contribution in [1.29, 1.82) is 0 Å². The summed E-state index contributed by atoms with van der Waals surface area (Å²) in [6, 6.07) is 13.5. The summed E-state index contributed by atoms with van der Waals surface area (Å²) in [6.45, 7) is 5.24. The van der Waals surface area contributed by atoms with Crippen LogP contribution in [0.1, 0.15) is 78.1 Å². The molecule has 1 saturated heterocycles. The van der Waals surface area contributed by atoms with Gasteiger partial charge in [0, 0.05) is 50.3 Å². The molecular weight excluding hydrogens is 426 g/mol. The van der Waals surface area contributed by atoms with Crippen LogP contribution in [0.5, 0.6) is 0 Å². The SMILES string of the molecule is CCCCCc1ccc(C(=O)Nc2ccc(N3CCCCC3)c(C(=O)NCCCOC)c2)cc1. The van der Waals surface area contributed by atoms with Gasteiger partial charge in [-0.25, -0.2) is 0 Å². The molecule has 1 aliphatic heterocycles. The zero-order valence-electron chi connectivity index (χ0n) is 20.7. The Balaban J connectivity index is 1.71. The molecule has 0 aliphatic carbocycles. The average Bonchev–Trinajstić information content (AvgIpc) is 2.87. The number of anilines is 2. The van der Waals surface area contributed by atoms with Gasteiger partial charge in [-0.05, 0) is 74.4 Å². The molecule has 1 aliphatic rings. The third kappa shape index (κ3) is 7.59. The van der Waals surface area contributed by atoms with E-state index in [1.54, 1.807) is 13.2 Å². The zero-order valence-corrected chi connectivity index (χ0v) is 20.7. The van der Waals surface area contributed by atoms with Gasteiger partial charge in [0.05, 0.1) is 5.56 Å². The van der Waals surface area contributed by atoms with Gasteiger partial charge in [-0.2, -0.15) is 0 Å². The maximum absolute atomic E-state index is 13.0. The number of unbranched alkanes of at least 4 members (excludes halogenated alkanes) is 2. The summed E-state index contributed by atoms with van der Waals surface area (Å²) in [5.74, 6) is -0.290. The van der Waals surface area contributed by atoms with E-state index in [9.17, 15) is 9.59 Å². The lowest BCUT2D eigenvalue weighted by atomic mass is 10.0. The molecule has 0 bridgehead atoms. The fourth-order valence-electron chi connectivity index (χ4n) is 4.33. The molecule has 0 spiro atoms. The fourth-order valence-corrected chi connectivity index (χ4v) is 4.33. The molecule has 2 aromatic rings. The van der Waals surface area contributed by atoms with Crippen molar-refractivity contribution in [2.24, 2.45) is 0 Å². The standard InChI is InChI=1S/C28H39N3O3/c1-3-4-6-10-22-11-13-23(14-12-22)27(32)30-24-15-16-26(31-18-7-5-8-19-31)25(21-24)28(33)29-17-9-20-34-2/h11-16,21H,3-10,17-20H2,1-2H3,(H,29,33)(H,30,32). The van der Waals surface area contributed by atoms with E-state index in [2.05, 4.69) is 22.5 Å². The summed E-state index contributed by atoms with van der Waals surface area (Å²) < 4.78 is 5.08. The van der Waals surface area contributed by atoms with E-state index in [1.165, 1.54) is 31.2 Å². The summed E-state index contributed by atoms with van der Waals surface area (Å²) in [4.78, 5) is 28.2. The number of rotatable bonds is 12. The lowest BCUT2D eigenvalue weighted by Crippen LogP contribution is -2.33. The molecule has 2 N–H and O–H groups in total. The van der Waals surface area contributed by atoms with Crippen molar-refractivity contribution in [1.82, 2.24) is 5.32 Å². The van der Waals surface area contributed by atoms with Crippen molar-refractivity contribution in [2.45, 2.75) is 58.3 Å². The number of piperidine rings is 1. The molecule has 0 saturated carbocycles. The van der Waals surface area contributed by atoms with Gasteiger partial charge in [0.1, 0.15) is 0 Å². The first-order chi connectivity index (χ1) is 16.6. The first kappa shape index (κ1) is 25.8. The predicted molar refractivity (Wildman–Crippen MR) is 139 cm³/mol. The van der Waals surface area contributed by atoms with Crippen molar-refractivity contribution in [3.05, 3.63) is 59.2 Å². The maximum Gasteiger partial charge on any atom is 0.255 e. The van der Waals surface area contributed by atoms with Crippen LogP contribution in [0.2, 0.25) is 0 Å². The first-order valence-corrected chi connectivity index (χ1v) is 12.7. The molecule has 0 unspecified atom stereocenters. The Labute approximate surface area is 204 Å². The second kappa shape index (κ2) is 13.8. The molecule has 2 amide bonds. The van der Waals surface area contributed by atoms with Gasteiger partial charge in [0.2, 0.25) is 0 Å². The third-order valence-corrected chi connectivity index (χ3v) is 6.29. The molecule has 0 aromatic heterocycles. The number of aryl methyl sites for hydroxylation is 1. The molecule has 2 aromatic carbocycles. The smallest absolute Gasteiger partial charge is 0.255 e. The van der Waals surface area contributed by atoms with E-state index in [0.29, 0.717) is 30.0 Å². The van der Waals surface area contributed by atoms with Crippen LogP contribution in [0, 0.1) is 0 Å². The van der Waals surface area contributed by atoms with E-state index >= 15 is 0 Å². The Kier molecular flexibility index (Phi) is 10.4. The fraction of sp³-hybridized carbons (Fsp3) is 0.500. The average molecular weight is 466 g/mol. The maximum atomic E-state index is 13.0. The molecule has 1 fully saturated rings. The van der Waals surface area contributed by atoms with Crippen LogP contribution < -0.4 is 15.5 Å². The van der Waals surface area contributed by atoms with Gasteiger partial charge >= 0.3 is 0 Å². The molecule has 34 heavy (non-hydrogen) atoms. The quantitative estimate of drug-likeness (QED) is 0.410. The van der Waals surface area contributed by atoms with E-state index in [-0.39, 0.29) is 11.8 Å². The van der Waals surface area contributed by atoms with Crippen LogP contribution in [-0.2, 0) is 11.2 Å². The number of carbonyl (C=O) groups is 2. The van der Waals surface area contributed by atoms with E-state index < -0.39 is 0 Å². The predicted octanol–water partition coefficient (Wildman–Crippen LogP) is 5.43. The lowest BCUT2D eigenvalue weighted by Gasteiger charge is -2.30. The van der Waals surface area contributed by atoms with E-state index in [4.69, 9.17) is 4.74 Å². The Hall–Kier alpha value is -2.86. The highest BCUT2D eigenvalue weighted by Crippen LogP contribution is 2.27.